The minimum atomic E-state index is -0.189. The molecule has 0 bridgehead atoms. The Bertz CT molecular complexity index is 901. The van der Waals surface area contributed by atoms with Gasteiger partial charge < -0.3 is 9.47 Å². The maximum atomic E-state index is 12.5. The van der Waals surface area contributed by atoms with Crippen molar-refractivity contribution in [3.63, 3.8) is 0 Å². The van der Waals surface area contributed by atoms with Crippen molar-refractivity contribution in [2.24, 2.45) is 11.8 Å². The average molecular weight is 559 g/mol. The Kier molecular flexibility index (Phi) is 12.3. The molecule has 2 aromatic carbocycles. The Hall–Kier alpha value is -2.18. The summed E-state index contributed by atoms with van der Waals surface area (Å²) < 4.78 is 36.6. The third-order valence-corrected chi connectivity index (χ3v) is 7.97. The summed E-state index contributed by atoms with van der Waals surface area (Å²) in [5.41, 5.74) is 2.98. The quantitative estimate of drug-likeness (QED) is 0.305. The molecule has 4 nitrogen and oxygen atoms in total. The van der Waals surface area contributed by atoms with Gasteiger partial charge in [0.1, 0.15) is 24.7 Å². The number of nitrogens with zero attached hydrogens (tertiary/aromatic N) is 2. The first kappa shape index (κ1) is 32.3. The molecule has 0 aliphatic carbocycles. The summed E-state index contributed by atoms with van der Waals surface area (Å²) in [4.78, 5) is 4.57. The van der Waals surface area contributed by atoms with Crippen LogP contribution in [-0.4, -0.2) is 75.6 Å². The summed E-state index contributed by atoms with van der Waals surface area (Å²) in [6.45, 7) is 19.7. The zero-order valence-corrected chi connectivity index (χ0v) is 25.7. The largest absolute Gasteiger partial charge is 0.492 e. The fourth-order valence-electron chi connectivity index (χ4n) is 5.17. The molecule has 0 radical (unpaired) electrons. The van der Waals surface area contributed by atoms with Crippen LogP contribution in [0.2, 0.25) is 0 Å². The second-order valence-corrected chi connectivity index (χ2v) is 13.5. The lowest BCUT2D eigenvalue weighted by molar-refractivity contribution is 0.228. The second-order valence-electron chi connectivity index (χ2n) is 13.5. The van der Waals surface area contributed by atoms with E-state index in [1.807, 2.05) is 24.3 Å². The molecule has 224 valence electrons. The monoisotopic (exact) mass is 558 g/mol. The molecule has 2 aromatic rings. The summed E-state index contributed by atoms with van der Waals surface area (Å²) in [5.74, 6) is 2.31. The third-order valence-electron chi connectivity index (χ3n) is 7.97. The molecular weight excluding hydrogens is 506 g/mol. The van der Waals surface area contributed by atoms with E-state index in [4.69, 9.17) is 9.47 Å². The normalized spacial score (nSPS) is 20.3. The van der Waals surface area contributed by atoms with Crippen molar-refractivity contribution in [2.45, 2.75) is 65.2 Å². The van der Waals surface area contributed by atoms with Crippen molar-refractivity contribution in [3.8, 4) is 11.5 Å². The van der Waals surface area contributed by atoms with Gasteiger partial charge in [0, 0.05) is 38.0 Å². The van der Waals surface area contributed by atoms with E-state index >= 15 is 0 Å². The van der Waals surface area contributed by atoms with E-state index in [2.05, 4.69) is 75.6 Å². The first-order valence-corrected chi connectivity index (χ1v) is 15.0. The van der Waals surface area contributed by atoms with Crippen LogP contribution in [0, 0.1) is 11.8 Å². The van der Waals surface area contributed by atoms with Crippen LogP contribution in [0.3, 0.4) is 0 Å². The van der Waals surface area contributed by atoms with Crippen molar-refractivity contribution in [1.29, 1.82) is 0 Å². The fourth-order valence-corrected chi connectivity index (χ4v) is 5.17. The summed E-state index contributed by atoms with van der Waals surface area (Å²) in [6.07, 6.45) is 1.97. The molecule has 0 spiro atoms. The number of alkyl halides is 2. The average Bonchev–Trinajstić information content (AvgIpc) is 3.58. The number of hydrogen-bond donors (Lipinski definition) is 0. The van der Waals surface area contributed by atoms with Gasteiger partial charge in [0.05, 0.1) is 13.3 Å². The van der Waals surface area contributed by atoms with Crippen molar-refractivity contribution in [1.82, 2.24) is 9.80 Å². The predicted octanol–water partition coefficient (Wildman–Crippen LogP) is 7.31. The van der Waals surface area contributed by atoms with Crippen LogP contribution in [0.1, 0.15) is 65.5 Å². The standard InChI is InChI=1S/2C17H26FNO/c2*1-17(2,3)15-4-6-16(7-5-15)20-11-10-19-9-8-14(12-18)13-19/h2*4-7,14H,8-13H2,1-3H3/t2*14-/m10/s1. The summed E-state index contributed by atoms with van der Waals surface area (Å²) in [7, 11) is 0. The van der Waals surface area contributed by atoms with E-state index in [0.717, 1.165) is 63.6 Å². The van der Waals surface area contributed by atoms with Crippen molar-refractivity contribution >= 4 is 0 Å². The van der Waals surface area contributed by atoms with E-state index in [-0.39, 0.29) is 36.0 Å². The Labute approximate surface area is 242 Å². The van der Waals surface area contributed by atoms with Crippen molar-refractivity contribution in [2.75, 3.05) is 65.8 Å². The van der Waals surface area contributed by atoms with Gasteiger partial charge in [0.25, 0.3) is 0 Å². The van der Waals surface area contributed by atoms with Crippen LogP contribution < -0.4 is 9.47 Å². The number of ether oxygens (including phenoxy) is 2. The SMILES string of the molecule is CC(C)(C)c1ccc(OCCN2CC[C@@H](CF)C2)cc1.CC(C)(C)c1ccc(OCCN2CC[C@H](CF)C2)cc1. The van der Waals surface area contributed by atoms with Crippen LogP contribution >= 0.6 is 0 Å². The van der Waals surface area contributed by atoms with Crippen LogP contribution in [0.15, 0.2) is 48.5 Å². The molecule has 2 fully saturated rings. The van der Waals surface area contributed by atoms with Gasteiger partial charge in [-0.05, 0) is 72.2 Å². The zero-order valence-electron chi connectivity index (χ0n) is 25.7. The molecule has 0 unspecified atom stereocenters. The Balaban J connectivity index is 0.000000220. The molecule has 2 heterocycles. The highest BCUT2D eigenvalue weighted by molar-refractivity contribution is 5.32. The van der Waals surface area contributed by atoms with E-state index in [9.17, 15) is 8.78 Å². The highest BCUT2D eigenvalue weighted by atomic mass is 19.1. The van der Waals surface area contributed by atoms with Gasteiger partial charge in [-0.25, -0.2) is 0 Å². The summed E-state index contributed by atoms with van der Waals surface area (Å²) in [5, 5.41) is 0. The highest BCUT2D eigenvalue weighted by Gasteiger charge is 2.23. The molecule has 0 saturated carbocycles. The number of likely N-dealkylation sites (tertiary alicyclic amines) is 2. The van der Waals surface area contributed by atoms with Crippen LogP contribution in [0.4, 0.5) is 8.78 Å². The first-order valence-electron chi connectivity index (χ1n) is 15.0. The number of hydrogen-bond acceptors (Lipinski definition) is 4. The van der Waals surface area contributed by atoms with Gasteiger partial charge in [-0.1, -0.05) is 65.8 Å². The smallest absolute Gasteiger partial charge is 0.119 e. The summed E-state index contributed by atoms with van der Waals surface area (Å²) >= 11 is 0. The van der Waals surface area contributed by atoms with Gasteiger partial charge in [-0.15, -0.1) is 0 Å². The number of rotatable bonds is 10. The van der Waals surface area contributed by atoms with Crippen LogP contribution in [0.5, 0.6) is 11.5 Å². The Morgan fingerprint density at radius 3 is 1.25 bits per heavy atom. The maximum absolute atomic E-state index is 12.5. The van der Waals surface area contributed by atoms with E-state index in [1.54, 1.807) is 0 Å². The molecule has 2 saturated heterocycles. The Morgan fingerprint density at radius 2 is 0.975 bits per heavy atom. The molecule has 2 aliphatic heterocycles. The number of halogens is 2. The van der Waals surface area contributed by atoms with Crippen LogP contribution in [0.25, 0.3) is 0 Å². The minimum absolute atomic E-state index is 0.176. The molecule has 0 N–H and O–H groups in total. The number of benzene rings is 2. The van der Waals surface area contributed by atoms with E-state index in [0.29, 0.717) is 13.2 Å². The van der Waals surface area contributed by atoms with Crippen molar-refractivity contribution < 1.29 is 18.3 Å². The minimum Gasteiger partial charge on any atom is -0.492 e. The zero-order chi connectivity index (χ0) is 29.2. The van der Waals surface area contributed by atoms with Gasteiger partial charge >= 0.3 is 0 Å². The molecule has 6 heteroatoms. The lowest BCUT2D eigenvalue weighted by Crippen LogP contribution is -2.26. The lowest BCUT2D eigenvalue weighted by Gasteiger charge is -2.19. The molecule has 4 rings (SSSR count). The lowest BCUT2D eigenvalue weighted by atomic mass is 9.87. The summed E-state index contributed by atoms with van der Waals surface area (Å²) in [6, 6.07) is 16.7. The molecule has 40 heavy (non-hydrogen) atoms. The van der Waals surface area contributed by atoms with Gasteiger partial charge in [-0.3, -0.25) is 18.6 Å². The first-order chi connectivity index (χ1) is 19.0. The second kappa shape index (κ2) is 15.2. The third kappa shape index (κ3) is 10.7. The van der Waals surface area contributed by atoms with Gasteiger partial charge in [0.15, 0.2) is 0 Å². The van der Waals surface area contributed by atoms with Gasteiger partial charge in [-0.2, -0.15) is 0 Å². The fraction of sp³-hybridized carbons (Fsp3) is 0.647. The molecular formula is C34H52F2N2O2. The molecule has 0 aromatic heterocycles. The van der Waals surface area contributed by atoms with Gasteiger partial charge in [0.2, 0.25) is 0 Å². The van der Waals surface area contributed by atoms with E-state index in [1.165, 1.54) is 11.1 Å². The maximum Gasteiger partial charge on any atom is 0.119 e. The molecule has 2 aliphatic rings. The predicted molar refractivity (Wildman–Crippen MR) is 162 cm³/mol. The highest BCUT2D eigenvalue weighted by Crippen LogP contribution is 2.25. The molecule has 0 amide bonds. The molecule has 2 atom stereocenters. The Morgan fingerprint density at radius 1 is 0.625 bits per heavy atom. The van der Waals surface area contributed by atoms with Crippen molar-refractivity contribution in [3.05, 3.63) is 59.7 Å². The van der Waals surface area contributed by atoms with Crippen LogP contribution in [-0.2, 0) is 10.8 Å². The van der Waals surface area contributed by atoms with E-state index < -0.39 is 0 Å². The topological polar surface area (TPSA) is 24.9 Å².